The molecule has 2 aromatic heterocycles. The molecule has 0 bridgehead atoms. The van der Waals surface area contributed by atoms with Gasteiger partial charge in [-0.1, -0.05) is 37.3 Å². The van der Waals surface area contributed by atoms with Crippen molar-refractivity contribution in [3.8, 4) is 11.4 Å². The molecule has 8 heteroatoms. The molecule has 0 spiro atoms. The first kappa shape index (κ1) is 18.6. The first-order valence-electron chi connectivity index (χ1n) is 8.72. The highest BCUT2D eigenvalue weighted by atomic mass is 35.5. The number of hydrogen-bond donors (Lipinski definition) is 1. The number of fused-ring (bicyclic) bond motifs is 1. The first-order chi connectivity index (χ1) is 12.2. The minimum Gasteiger partial charge on any atom is -0.301 e. The molecule has 0 amide bonds. The lowest BCUT2D eigenvalue weighted by Gasteiger charge is -2.33. The molecule has 1 aromatic carbocycles. The Labute approximate surface area is 158 Å². The standard InChI is InChI=1S/C18H22N6O.ClH/c1-2-22-8-10-23(11-9-22)13-15-12-16(25)24-18(19-15)20-17(21-24)14-6-4-3-5-7-14;/h3-7,12H,2,8-11,13H2,1H3,(H,19,20,21);1H. The van der Waals surface area contributed by atoms with Gasteiger partial charge < -0.3 is 4.90 Å². The molecule has 0 unspecified atom stereocenters. The first-order valence-corrected chi connectivity index (χ1v) is 8.72. The van der Waals surface area contributed by atoms with E-state index in [1.54, 1.807) is 6.07 Å². The second-order valence-electron chi connectivity index (χ2n) is 6.37. The highest BCUT2D eigenvalue weighted by Crippen LogP contribution is 2.14. The van der Waals surface area contributed by atoms with Crippen molar-refractivity contribution in [2.24, 2.45) is 0 Å². The third-order valence-electron chi connectivity index (χ3n) is 4.73. The van der Waals surface area contributed by atoms with Crippen LogP contribution in [0.25, 0.3) is 17.2 Å². The summed E-state index contributed by atoms with van der Waals surface area (Å²) in [6, 6.07) is 11.4. The molecule has 1 N–H and O–H groups in total. The van der Waals surface area contributed by atoms with Crippen molar-refractivity contribution in [3.63, 3.8) is 0 Å². The van der Waals surface area contributed by atoms with Crippen LogP contribution in [0, 0.1) is 0 Å². The molecule has 1 aliphatic rings. The molecule has 0 saturated carbocycles. The van der Waals surface area contributed by atoms with Gasteiger partial charge in [-0.15, -0.1) is 12.4 Å². The number of H-pyrrole nitrogens is 1. The minimum atomic E-state index is -0.123. The quantitative estimate of drug-likeness (QED) is 0.751. The van der Waals surface area contributed by atoms with Crippen molar-refractivity contribution in [1.29, 1.82) is 0 Å². The fourth-order valence-corrected chi connectivity index (χ4v) is 3.23. The van der Waals surface area contributed by atoms with Gasteiger partial charge in [-0.05, 0) is 6.54 Å². The van der Waals surface area contributed by atoms with Gasteiger partial charge >= 0.3 is 0 Å². The molecular formula is C18H23ClN6O. The van der Waals surface area contributed by atoms with Crippen molar-refractivity contribution in [3.05, 3.63) is 52.4 Å². The maximum absolute atomic E-state index is 12.4. The van der Waals surface area contributed by atoms with Crippen molar-refractivity contribution in [1.82, 2.24) is 29.4 Å². The topological polar surface area (TPSA) is 69.5 Å². The smallest absolute Gasteiger partial charge is 0.274 e. The van der Waals surface area contributed by atoms with Crippen LogP contribution in [0.15, 0.2) is 41.2 Å². The molecule has 0 radical (unpaired) electrons. The Morgan fingerprint density at radius 1 is 1.04 bits per heavy atom. The van der Waals surface area contributed by atoms with Crippen molar-refractivity contribution in [2.45, 2.75) is 13.5 Å². The monoisotopic (exact) mass is 374 g/mol. The van der Waals surface area contributed by atoms with Gasteiger partial charge in [-0.3, -0.25) is 14.8 Å². The van der Waals surface area contributed by atoms with Gasteiger partial charge in [-0.25, -0.2) is 4.98 Å². The minimum absolute atomic E-state index is 0. The molecule has 0 aliphatic carbocycles. The summed E-state index contributed by atoms with van der Waals surface area (Å²) >= 11 is 0. The third-order valence-corrected chi connectivity index (χ3v) is 4.73. The van der Waals surface area contributed by atoms with Crippen LogP contribution < -0.4 is 5.56 Å². The van der Waals surface area contributed by atoms with Crippen LogP contribution in [0.2, 0.25) is 0 Å². The maximum Gasteiger partial charge on any atom is 0.274 e. The van der Waals surface area contributed by atoms with E-state index in [4.69, 9.17) is 0 Å². The highest BCUT2D eigenvalue weighted by molar-refractivity contribution is 5.85. The van der Waals surface area contributed by atoms with E-state index in [1.165, 1.54) is 4.52 Å². The lowest BCUT2D eigenvalue weighted by molar-refractivity contribution is 0.131. The Morgan fingerprint density at radius 2 is 1.73 bits per heavy atom. The van der Waals surface area contributed by atoms with Crippen LogP contribution in [-0.2, 0) is 6.54 Å². The number of halogens is 1. The molecule has 3 aromatic rings. The average molecular weight is 375 g/mol. The van der Waals surface area contributed by atoms with Gasteiger partial charge in [0, 0.05) is 44.4 Å². The predicted molar refractivity (Wildman–Crippen MR) is 104 cm³/mol. The van der Waals surface area contributed by atoms with E-state index in [-0.39, 0.29) is 18.0 Å². The van der Waals surface area contributed by atoms with Gasteiger partial charge in [0.15, 0.2) is 5.82 Å². The Hall–Kier alpha value is -2.22. The summed E-state index contributed by atoms with van der Waals surface area (Å²) in [5, 5.41) is 3.03. The number of nitrogens with one attached hydrogen (secondary N) is 1. The number of piperazine rings is 1. The second kappa shape index (κ2) is 7.99. The number of rotatable bonds is 4. The zero-order valence-electron chi connectivity index (χ0n) is 14.8. The van der Waals surface area contributed by atoms with Gasteiger partial charge in [0.25, 0.3) is 11.3 Å². The normalized spacial score (nSPS) is 15.9. The van der Waals surface area contributed by atoms with Gasteiger partial charge in [-0.2, -0.15) is 9.50 Å². The van der Waals surface area contributed by atoms with Crippen LogP contribution >= 0.6 is 12.4 Å². The summed E-state index contributed by atoms with van der Waals surface area (Å²) < 4.78 is 1.40. The van der Waals surface area contributed by atoms with E-state index >= 15 is 0 Å². The summed E-state index contributed by atoms with van der Waals surface area (Å²) in [6.45, 7) is 8.12. The third kappa shape index (κ3) is 3.80. The molecule has 1 fully saturated rings. The SMILES string of the molecule is CCN1CCN(Cc2cc(=O)n3[nH]c(-c4ccccc4)nc3n2)CC1.Cl. The highest BCUT2D eigenvalue weighted by Gasteiger charge is 2.17. The van der Waals surface area contributed by atoms with Crippen LogP contribution in [0.4, 0.5) is 0 Å². The van der Waals surface area contributed by atoms with E-state index in [0.29, 0.717) is 18.1 Å². The van der Waals surface area contributed by atoms with Crippen LogP contribution in [-0.4, -0.2) is 62.1 Å². The number of nitrogens with zero attached hydrogens (tertiary/aromatic N) is 5. The molecule has 26 heavy (non-hydrogen) atoms. The van der Waals surface area contributed by atoms with Crippen molar-refractivity contribution < 1.29 is 0 Å². The fraction of sp³-hybridized carbons (Fsp3) is 0.389. The molecule has 1 saturated heterocycles. The van der Waals surface area contributed by atoms with E-state index in [2.05, 4.69) is 31.8 Å². The molecule has 7 nitrogen and oxygen atoms in total. The Bertz CT molecular complexity index is 914. The fourth-order valence-electron chi connectivity index (χ4n) is 3.23. The lowest BCUT2D eigenvalue weighted by Crippen LogP contribution is -2.45. The second-order valence-corrected chi connectivity index (χ2v) is 6.37. The number of benzene rings is 1. The molecule has 4 rings (SSSR count). The van der Waals surface area contributed by atoms with Gasteiger partial charge in [0.2, 0.25) is 0 Å². The number of hydrogen-bond acceptors (Lipinski definition) is 5. The maximum atomic E-state index is 12.4. The molecule has 0 atom stereocenters. The number of aromatic nitrogens is 4. The molecular weight excluding hydrogens is 352 g/mol. The molecule has 3 heterocycles. The summed E-state index contributed by atoms with van der Waals surface area (Å²) in [5.74, 6) is 1.08. The summed E-state index contributed by atoms with van der Waals surface area (Å²) in [5.41, 5.74) is 1.59. The van der Waals surface area contributed by atoms with Gasteiger partial charge in [0.1, 0.15) is 0 Å². The van der Waals surface area contributed by atoms with Crippen LogP contribution in [0.3, 0.4) is 0 Å². The van der Waals surface area contributed by atoms with E-state index in [0.717, 1.165) is 44.0 Å². The summed E-state index contributed by atoms with van der Waals surface area (Å²) in [4.78, 5) is 26.3. The van der Waals surface area contributed by atoms with Crippen molar-refractivity contribution >= 4 is 18.2 Å². The number of likely N-dealkylation sites (N-methyl/N-ethyl adjacent to an activating group) is 1. The number of aromatic amines is 1. The largest absolute Gasteiger partial charge is 0.301 e. The Morgan fingerprint density at radius 3 is 2.42 bits per heavy atom. The zero-order valence-corrected chi connectivity index (χ0v) is 15.6. The molecule has 1 aliphatic heterocycles. The van der Waals surface area contributed by atoms with Crippen LogP contribution in [0.1, 0.15) is 12.6 Å². The van der Waals surface area contributed by atoms with Gasteiger partial charge in [0.05, 0.1) is 5.69 Å². The summed E-state index contributed by atoms with van der Waals surface area (Å²) in [6.07, 6.45) is 0. The Kier molecular flexibility index (Phi) is 5.70. The summed E-state index contributed by atoms with van der Waals surface area (Å²) in [7, 11) is 0. The Balaban J connectivity index is 0.00000196. The molecule has 138 valence electrons. The zero-order chi connectivity index (χ0) is 17.2. The van der Waals surface area contributed by atoms with E-state index in [9.17, 15) is 4.79 Å². The average Bonchev–Trinajstić information content (AvgIpc) is 3.08. The van der Waals surface area contributed by atoms with E-state index in [1.807, 2.05) is 30.3 Å². The predicted octanol–water partition coefficient (Wildman–Crippen LogP) is 1.64. The lowest BCUT2D eigenvalue weighted by atomic mass is 10.2. The van der Waals surface area contributed by atoms with Crippen LogP contribution in [0.5, 0.6) is 0 Å². The van der Waals surface area contributed by atoms with E-state index < -0.39 is 0 Å². The van der Waals surface area contributed by atoms with Crippen molar-refractivity contribution in [2.75, 3.05) is 32.7 Å².